The average molecular weight is 438 g/mol. The molecule has 2 aromatic carbocycles. The molecule has 0 radical (unpaired) electrons. The Morgan fingerprint density at radius 1 is 1.13 bits per heavy atom. The van der Waals surface area contributed by atoms with Gasteiger partial charge in [0.25, 0.3) is 0 Å². The summed E-state index contributed by atoms with van der Waals surface area (Å²) in [6.07, 6.45) is 0.630. The van der Waals surface area contributed by atoms with Crippen LogP contribution in [0, 0.1) is 0 Å². The minimum absolute atomic E-state index is 0.00840. The molecule has 0 atom stereocenters. The molecule has 162 valence electrons. The molecule has 1 fully saturated rings. The molecule has 9 heteroatoms. The largest absolute Gasteiger partial charge is 0.435 e. The normalized spacial score (nSPS) is 16.9. The third kappa shape index (κ3) is 4.79. The molecule has 3 rings (SSSR count). The Kier molecular flexibility index (Phi) is 6.72. The maximum absolute atomic E-state index is 13.4. The van der Waals surface area contributed by atoms with Gasteiger partial charge in [0.1, 0.15) is 5.75 Å². The lowest BCUT2D eigenvalue weighted by Crippen LogP contribution is -2.51. The van der Waals surface area contributed by atoms with Gasteiger partial charge in [-0.1, -0.05) is 36.4 Å². The standard InChI is InChI=1S/C21H24F2N2O4S/c1-2-30(27,28)25-13-11-21(12-14-25,16-7-4-3-5-8-16)19(26)24-17-9-6-10-18(15-17)29-20(22)23/h3-10,15,20H,2,11-14H2,1H3,(H,24,26). The smallest absolute Gasteiger partial charge is 0.387 e. The summed E-state index contributed by atoms with van der Waals surface area (Å²) in [6, 6.07) is 15.0. The molecule has 1 heterocycles. The van der Waals surface area contributed by atoms with Gasteiger partial charge in [-0.05, 0) is 37.5 Å². The summed E-state index contributed by atoms with van der Waals surface area (Å²) in [5.74, 6) is -0.356. The van der Waals surface area contributed by atoms with E-state index in [0.717, 1.165) is 5.56 Å². The molecule has 0 spiro atoms. The zero-order valence-corrected chi connectivity index (χ0v) is 17.4. The van der Waals surface area contributed by atoms with E-state index in [1.807, 2.05) is 30.3 Å². The number of alkyl halides is 2. The molecular formula is C21H24F2N2O4S. The topological polar surface area (TPSA) is 75.7 Å². The van der Waals surface area contributed by atoms with Crippen molar-refractivity contribution in [2.75, 3.05) is 24.2 Å². The molecule has 0 saturated carbocycles. The number of rotatable bonds is 7. The van der Waals surface area contributed by atoms with Gasteiger partial charge in [0.05, 0.1) is 11.2 Å². The van der Waals surface area contributed by atoms with Gasteiger partial charge in [-0.15, -0.1) is 0 Å². The predicted octanol–water partition coefficient (Wildman–Crippen LogP) is 3.61. The van der Waals surface area contributed by atoms with Gasteiger partial charge in [-0.2, -0.15) is 8.78 Å². The van der Waals surface area contributed by atoms with Crippen LogP contribution in [0.2, 0.25) is 0 Å². The van der Waals surface area contributed by atoms with Gasteiger partial charge < -0.3 is 10.1 Å². The monoisotopic (exact) mass is 438 g/mol. The second kappa shape index (κ2) is 9.09. The minimum atomic E-state index is -3.34. The third-order valence-corrected chi connectivity index (χ3v) is 7.29. The van der Waals surface area contributed by atoms with Crippen LogP contribution in [0.5, 0.6) is 5.75 Å². The van der Waals surface area contributed by atoms with E-state index in [0.29, 0.717) is 18.5 Å². The number of hydrogen-bond acceptors (Lipinski definition) is 4. The highest BCUT2D eigenvalue weighted by molar-refractivity contribution is 7.89. The Hall–Kier alpha value is -2.52. The molecular weight excluding hydrogens is 414 g/mol. The number of carbonyl (C=O) groups is 1. The maximum atomic E-state index is 13.4. The van der Waals surface area contributed by atoms with Gasteiger partial charge in [-0.25, -0.2) is 12.7 Å². The number of halogens is 2. The van der Waals surface area contributed by atoms with Crippen LogP contribution < -0.4 is 10.1 Å². The minimum Gasteiger partial charge on any atom is -0.435 e. The van der Waals surface area contributed by atoms with Crippen molar-refractivity contribution in [2.45, 2.75) is 31.8 Å². The second-order valence-corrected chi connectivity index (χ2v) is 9.37. The molecule has 0 unspecified atom stereocenters. The van der Waals surface area contributed by atoms with E-state index in [1.54, 1.807) is 13.0 Å². The molecule has 0 aromatic heterocycles. The van der Waals surface area contributed by atoms with Crippen LogP contribution in [0.25, 0.3) is 0 Å². The Bertz CT molecular complexity index is 976. The number of nitrogens with zero attached hydrogens (tertiary/aromatic N) is 1. The molecule has 1 saturated heterocycles. The van der Waals surface area contributed by atoms with E-state index in [4.69, 9.17) is 0 Å². The van der Waals surface area contributed by atoms with Crippen molar-refractivity contribution in [3.63, 3.8) is 0 Å². The first-order valence-corrected chi connectivity index (χ1v) is 11.3. The van der Waals surface area contributed by atoms with Crippen LogP contribution in [0.15, 0.2) is 54.6 Å². The van der Waals surface area contributed by atoms with Crippen LogP contribution in [0.1, 0.15) is 25.3 Å². The molecule has 0 aliphatic carbocycles. The molecule has 30 heavy (non-hydrogen) atoms. The molecule has 2 aromatic rings. The Labute approximate surface area is 174 Å². The zero-order chi connectivity index (χ0) is 21.8. The van der Waals surface area contributed by atoms with Crippen molar-refractivity contribution in [1.29, 1.82) is 0 Å². The highest BCUT2D eigenvalue weighted by Crippen LogP contribution is 2.38. The van der Waals surface area contributed by atoms with Gasteiger partial charge in [-0.3, -0.25) is 4.79 Å². The van der Waals surface area contributed by atoms with Crippen molar-refractivity contribution in [3.8, 4) is 5.75 Å². The zero-order valence-electron chi connectivity index (χ0n) is 16.6. The fourth-order valence-electron chi connectivity index (χ4n) is 3.73. The fourth-order valence-corrected chi connectivity index (χ4v) is 4.84. The van der Waals surface area contributed by atoms with E-state index < -0.39 is 22.0 Å². The van der Waals surface area contributed by atoms with Crippen molar-refractivity contribution >= 4 is 21.6 Å². The summed E-state index contributed by atoms with van der Waals surface area (Å²) in [6.45, 7) is -0.910. The number of nitrogens with one attached hydrogen (secondary N) is 1. The molecule has 6 nitrogen and oxygen atoms in total. The Morgan fingerprint density at radius 2 is 1.80 bits per heavy atom. The molecule has 1 aliphatic heterocycles. The van der Waals surface area contributed by atoms with E-state index in [9.17, 15) is 22.0 Å². The van der Waals surface area contributed by atoms with Crippen LogP contribution in [0.3, 0.4) is 0 Å². The van der Waals surface area contributed by atoms with Gasteiger partial charge in [0.15, 0.2) is 0 Å². The van der Waals surface area contributed by atoms with Crippen molar-refractivity contribution < 1.29 is 26.7 Å². The van der Waals surface area contributed by atoms with Gasteiger partial charge in [0.2, 0.25) is 15.9 Å². The summed E-state index contributed by atoms with van der Waals surface area (Å²) < 4.78 is 55.3. The molecule has 1 N–H and O–H groups in total. The summed E-state index contributed by atoms with van der Waals surface area (Å²) >= 11 is 0. The SMILES string of the molecule is CCS(=O)(=O)N1CCC(C(=O)Nc2cccc(OC(F)F)c2)(c2ccccc2)CC1. The number of piperidine rings is 1. The van der Waals surface area contributed by atoms with Crippen LogP contribution in [-0.4, -0.2) is 44.1 Å². The Morgan fingerprint density at radius 3 is 2.40 bits per heavy atom. The number of amides is 1. The summed E-state index contributed by atoms with van der Waals surface area (Å²) in [4.78, 5) is 13.4. The third-order valence-electron chi connectivity index (χ3n) is 5.41. The first kappa shape index (κ1) is 22.2. The number of ether oxygens (including phenoxy) is 1. The highest BCUT2D eigenvalue weighted by atomic mass is 32.2. The summed E-state index contributed by atoms with van der Waals surface area (Å²) in [7, 11) is -3.34. The quantitative estimate of drug-likeness (QED) is 0.717. The summed E-state index contributed by atoms with van der Waals surface area (Å²) in [5, 5.41) is 2.80. The molecule has 1 aliphatic rings. The lowest BCUT2D eigenvalue weighted by molar-refractivity contribution is -0.123. The van der Waals surface area contributed by atoms with E-state index in [2.05, 4.69) is 10.1 Å². The van der Waals surface area contributed by atoms with Crippen molar-refractivity contribution in [3.05, 3.63) is 60.2 Å². The Balaban J connectivity index is 1.86. The second-order valence-electron chi connectivity index (χ2n) is 7.11. The first-order valence-electron chi connectivity index (χ1n) is 9.66. The lowest BCUT2D eigenvalue weighted by Gasteiger charge is -2.40. The van der Waals surface area contributed by atoms with E-state index in [1.165, 1.54) is 22.5 Å². The number of benzene rings is 2. The van der Waals surface area contributed by atoms with Crippen LogP contribution >= 0.6 is 0 Å². The van der Waals surface area contributed by atoms with Crippen LogP contribution in [0.4, 0.5) is 14.5 Å². The molecule has 0 bridgehead atoms. The summed E-state index contributed by atoms with van der Waals surface area (Å²) in [5.41, 5.74) is 0.189. The maximum Gasteiger partial charge on any atom is 0.387 e. The number of carbonyl (C=O) groups excluding carboxylic acids is 1. The predicted molar refractivity (Wildman–Crippen MR) is 110 cm³/mol. The van der Waals surface area contributed by atoms with Gasteiger partial charge >= 0.3 is 6.61 Å². The van der Waals surface area contributed by atoms with Gasteiger partial charge in [0, 0.05) is 24.8 Å². The fraction of sp³-hybridized carbons (Fsp3) is 0.381. The number of sulfonamides is 1. The molecule has 1 amide bonds. The highest BCUT2D eigenvalue weighted by Gasteiger charge is 2.44. The number of hydrogen-bond donors (Lipinski definition) is 1. The van der Waals surface area contributed by atoms with E-state index >= 15 is 0 Å². The number of anilines is 1. The van der Waals surface area contributed by atoms with E-state index in [-0.39, 0.29) is 30.5 Å². The van der Waals surface area contributed by atoms with Crippen molar-refractivity contribution in [2.24, 2.45) is 0 Å². The van der Waals surface area contributed by atoms with Crippen LogP contribution in [-0.2, 0) is 20.2 Å². The lowest BCUT2D eigenvalue weighted by atomic mass is 9.72. The van der Waals surface area contributed by atoms with Crippen molar-refractivity contribution in [1.82, 2.24) is 4.31 Å². The average Bonchev–Trinajstić information content (AvgIpc) is 2.74. The first-order chi connectivity index (χ1) is 14.3.